The normalized spacial score (nSPS) is 14.5. The number of aromatic nitrogens is 3. The summed E-state index contributed by atoms with van der Waals surface area (Å²) in [6.45, 7) is 0. The predicted molar refractivity (Wildman–Crippen MR) is 77.4 cm³/mol. The van der Waals surface area contributed by atoms with Gasteiger partial charge in [0.1, 0.15) is 5.52 Å². The van der Waals surface area contributed by atoms with Crippen LogP contribution in [0.1, 0.15) is 27.5 Å². The topological polar surface area (TPSA) is 68.0 Å². The van der Waals surface area contributed by atoms with Crippen LogP contribution in [0, 0.1) is 0 Å². The van der Waals surface area contributed by atoms with Gasteiger partial charge in [-0.05, 0) is 42.2 Å². The fourth-order valence-corrected chi connectivity index (χ4v) is 3.05. The van der Waals surface area contributed by atoms with Crippen LogP contribution < -0.4 is 0 Å². The predicted octanol–water partition coefficient (Wildman–Crippen LogP) is 2.47. The van der Waals surface area contributed by atoms with Crippen LogP contribution in [0.15, 0.2) is 42.5 Å². The first-order chi connectivity index (χ1) is 10.2. The standard InChI is InChI=1S/C16H13N3O2/c20-16(21)12-5-6-15-14(9-12)17-18-19(15)13-7-10-3-1-2-4-11(10)8-13/h1-6,9,13H,7-8H2,(H,20,21). The molecule has 21 heavy (non-hydrogen) atoms. The summed E-state index contributed by atoms with van der Waals surface area (Å²) < 4.78 is 1.92. The molecule has 1 aliphatic rings. The van der Waals surface area contributed by atoms with E-state index in [-0.39, 0.29) is 11.6 Å². The lowest BCUT2D eigenvalue weighted by Gasteiger charge is -2.10. The number of carboxylic acid groups (broad SMARTS) is 1. The van der Waals surface area contributed by atoms with Gasteiger partial charge in [-0.3, -0.25) is 0 Å². The zero-order valence-corrected chi connectivity index (χ0v) is 11.2. The SMILES string of the molecule is O=C(O)c1ccc2c(c1)nnn2C1Cc2ccccc2C1. The second-order valence-corrected chi connectivity index (χ2v) is 5.37. The molecular formula is C16H13N3O2. The van der Waals surface area contributed by atoms with Crippen LogP contribution in [0.5, 0.6) is 0 Å². The van der Waals surface area contributed by atoms with Crippen LogP contribution in [-0.4, -0.2) is 26.1 Å². The summed E-state index contributed by atoms with van der Waals surface area (Å²) in [5, 5.41) is 17.4. The average Bonchev–Trinajstić information content (AvgIpc) is 3.09. The third-order valence-corrected chi connectivity index (χ3v) is 4.09. The minimum atomic E-state index is -0.945. The van der Waals surface area contributed by atoms with Crippen LogP contribution in [0.4, 0.5) is 0 Å². The molecule has 0 saturated carbocycles. The Hall–Kier alpha value is -2.69. The van der Waals surface area contributed by atoms with Crippen LogP contribution in [0.3, 0.4) is 0 Å². The Morgan fingerprint density at radius 3 is 2.52 bits per heavy atom. The lowest BCUT2D eigenvalue weighted by Crippen LogP contribution is -2.10. The molecule has 3 aromatic rings. The molecule has 1 N–H and O–H groups in total. The highest BCUT2D eigenvalue weighted by Crippen LogP contribution is 2.31. The molecule has 0 fully saturated rings. The quantitative estimate of drug-likeness (QED) is 0.782. The Bertz CT molecular complexity index is 829. The number of aromatic carboxylic acids is 1. The van der Waals surface area contributed by atoms with Crippen molar-refractivity contribution in [2.45, 2.75) is 18.9 Å². The van der Waals surface area contributed by atoms with Crippen molar-refractivity contribution < 1.29 is 9.90 Å². The van der Waals surface area contributed by atoms with Gasteiger partial charge in [-0.1, -0.05) is 29.5 Å². The minimum Gasteiger partial charge on any atom is -0.478 e. The minimum absolute atomic E-state index is 0.240. The number of hydrogen-bond acceptors (Lipinski definition) is 3. The van der Waals surface area contributed by atoms with Crippen molar-refractivity contribution in [2.75, 3.05) is 0 Å². The van der Waals surface area contributed by atoms with Gasteiger partial charge in [0.05, 0.1) is 17.1 Å². The lowest BCUT2D eigenvalue weighted by atomic mass is 10.1. The van der Waals surface area contributed by atoms with Crippen molar-refractivity contribution in [1.29, 1.82) is 0 Å². The molecule has 0 atom stereocenters. The number of rotatable bonds is 2. The van der Waals surface area contributed by atoms with E-state index in [4.69, 9.17) is 5.11 Å². The van der Waals surface area contributed by atoms with E-state index in [2.05, 4.69) is 34.6 Å². The first-order valence-electron chi connectivity index (χ1n) is 6.87. The summed E-state index contributed by atoms with van der Waals surface area (Å²) in [5.41, 5.74) is 4.47. The fourth-order valence-electron chi connectivity index (χ4n) is 3.05. The van der Waals surface area contributed by atoms with Gasteiger partial charge in [0.25, 0.3) is 0 Å². The maximum Gasteiger partial charge on any atom is 0.335 e. The summed E-state index contributed by atoms with van der Waals surface area (Å²) in [7, 11) is 0. The van der Waals surface area contributed by atoms with Gasteiger partial charge < -0.3 is 5.11 Å². The Kier molecular flexibility index (Phi) is 2.54. The molecule has 1 aliphatic carbocycles. The van der Waals surface area contributed by atoms with Crippen LogP contribution in [-0.2, 0) is 12.8 Å². The zero-order valence-electron chi connectivity index (χ0n) is 11.2. The third-order valence-electron chi connectivity index (χ3n) is 4.09. The summed E-state index contributed by atoms with van der Waals surface area (Å²) in [4.78, 5) is 11.0. The number of carbonyl (C=O) groups is 1. The number of benzene rings is 2. The second-order valence-electron chi connectivity index (χ2n) is 5.37. The summed E-state index contributed by atoms with van der Waals surface area (Å²) >= 11 is 0. The Balaban J connectivity index is 1.74. The van der Waals surface area contributed by atoms with Gasteiger partial charge in [0, 0.05) is 0 Å². The Labute approximate surface area is 120 Å². The van der Waals surface area contributed by atoms with E-state index in [1.54, 1.807) is 18.2 Å². The third kappa shape index (κ3) is 1.89. The molecule has 5 nitrogen and oxygen atoms in total. The molecule has 0 saturated heterocycles. The summed E-state index contributed by atoms with van der Waals surface area (Å²) in [6.07, 6.45) is 1.88. The van der Waals surface area contributed by atoms with Crippen LogP contribution in [0.2, 0.25) is 0 Å². The zero-order chi connectivity index (χ0) is 14.4. The first-order valence-corrected chi connectivity index (χ1v) is 6.87. The molecule has 0 amide bonds. The highest BCUT2D eigenvalue weighted by molar-refractivity contribution is 5.92. The van der Waals surface area contributed by atoms with Gasteiger partial charge in [0.15, 0.2) is 0 Å². The Morgan fingerprint density at radius 1 is 1.14 bits per heavy atom. The lowest BCUT2D eigenvalue weighted by molar-refractivity contribution is 0.0697. The average molecular weight is 279 g/mol. The molecule has 4 rings (SSSR count). The van der Waals surface area contributed by atoms with E-state index in [0.717, 1.165) is 18.4 Å². The molecule has 2 aromatic carbocycles. The van der Waals surface area contributed by atoms with Crippen molar-refractivity contribution in [3.05, 3.63) is 59.2 Å². The van der Waals surface area contributed by atoms with E-state index in [1.165, 1.54) is 11.1 Å². The summed E-state index contributed by atoms with van der Waals surface area (Å²) in [6, 6.07) is 13.6. The van der Waals surface area contributed by atoms with Gasteiger partial charge >= 0.3 is 5.97 Å². The van der Waals surface area contributed by atoms with E-state index in [0.29, 0.717) is 5.52 Å². The van der Waals surface area contributed by atoms with E-state index >= 15 is 0 Å². The van der Waals surface area contributed by atoms with Gasteiger partial charge in [0.2, 0.25) is 0 Å². The van der Waals surface area contributed by atoms with E-state index in [9.17, 15) is 4.79 Å². The molecule has 0 unspecified atom stereocenters. The molecule has 0 bridgehead atoms. The first kappa shape index (κ1) is 12.1. The van der Waals surface area contributed by atoms with Crippen molar-refractivity contribution in [3.8, 4) is 0 Å². The molecule has 0 radical (unpaired) electrons. The van der Waals surface area contributed by atoms with Gasteiger partial charge in [-0.15, -0.1) is 5.10 Å². The second kappa shape index (κ2) is 4.41. The monoisotopic (exact) mass is 279 g/mol. The maximum atomic E-state index is 11.0. The maximum absolute atomic E-state index is 11.0. The molecule has 5 heteroatoms. The smallest absolute Gasteiger partial charge is 0.335 e. The molecule has 0 spiro atoms. The highest BCUT2D eigenvalue weighted by Gasteiger charge is 2.24. The largest absolute Gasteiger partial charge is 0.478 e. The Morgan fingerprint density at radius 2 is 1.86 bits per heavy atom. The van der Waals surface area contributed by atoms with Crippen molar-refractivity contribution in [1.82, 2.24) is 15.0 Å². The van der Waals surface area contributed by atoms with Crippen LogP contribution >= 0.6 is 0 Å². The van der Waals surface area contributed by atoms with E-state index in [1.807, 2.05) is 4.68 Å². The number of nitrogens with zero attached hydrogens (tertiary/aromatic N) is 3. The fraction of sp³-hybridized carbons (Fsp3) is 0.188. The van der Waals surface area contributed by atoms with Gasteiger partial charge in [-0.2, -0.15) is 0 Å². The van der Waals surface area contributed by atoms with E-state index < -0.39 is 5.97 Å². The number of hydrogen-bond donors (Lipinski definition) is 1. The van der Waals surface area contributed by atoms with Gasteiger partial charge in [-0.25, -0.2) is 9.48 Å². The molecule has 0 aliphatic heterocycles. The summed E-state index contributed by atoms with van der Waals surface area (Å²) in [5.74, 6) is -0.945. The molecule has 1 heterocycles. The van der Waals surface area contributed by atoms with Crippen molar-refractivity contribution in [3.63, 3.8) is 0 Å². The van der Waals surface area contributed by atoms with Crippen molar-refractivity contribution in [2.24, 2.45) is 0 Å². The van der Waals surface area contributed by atoms with Crippen molar-refractivity contribution >= 4 is 17.0 Å². The number of fused-ring (bicyclic) bond motifs is 2. The highest BCUT2D eigenvalue weighted by atomic mass is 16.4. The molecule has 1 aromatic heterocycles. The van der Waals surface area contributed by atoms with Crippen LogP contribution in [0.25, 0.3) is 11.0 Å². The molecular weight excluding hydrogens is 266 g/mol. The molecule has 104 valence electrons. The number of carboxylic acids is 1.